The molecule has 96 valence electrons. The summed E-state index contributed by atoms with van der Waals surface area (Å²) in [4.78, 5) is 9.29. The normalized spacial score (nSPS) is 11.6. The quantitative estimate of drug-likeness (QED) is 0.845. The van der Waals surface area contributed by atoms with Crippen molar-refractivity contribution in [1.29, 1.82) is 0 Å². The second kappa shape index (κ2) is 5.98. The predicted molar refractivity (Wildman–Crippen MR) is 81.4 cm³/mol. The third-order valence-electron chi connectivity index (χ3n) is 2.33. The summed E-state index contributed by atoms with van der Waals surface area (Å²) in [5.41, 5.74) is 1.37. The SMILES string of the molecule is CCNc1nc(CC(C)(C)C)nc(CC)c1I. The number of nitrogens with one attached hydrogen (secondary N) is 1. The second-order valence-electron chi connectivity index (χ2n) is 5.37. The molecule has 0 saturated carbocycles. The lowest BCUT2D eigenvalue weighted by Gasteiger charge is -2.18. The number of halogens is 1. The average molecular weight is 347 g/mol. The summed E-state index contributed by atoms with van der Waals surface area (Å²) in [6, 6.07) is 0. The van der Waals surface area contributed by atoms with E-state index in [1.54, 1.807) is 0 Å². The van der Waals surface area contributed by atoms with Gasteiger partial charge in [-0.25, -0.2) is 9.97 Å². The molecule has 3 nitrogen and oxygen atoms in total. The van der Waals surface area contributed by atoms with Gasteiger partial charge in [-0.1, -0.05) is 27.7 Å². The van der Waals surface area contributed by atoms with Crippen molar-refractivity contribution in [3.63, 3.8) is 0 Å². The highest BCUT2D eigenvalue weighted by atomic mass is 127. The smallest absolute Gasteiger partial charge is 0.143 e. The third kappa shape index (κ3) is 4.41. The van der Waals surface area contributed by atoms with Gasteiger partial charge in [0.25, 0.3) is 0 Å². The molecule has 0 fully saturated rings. The lowest BCUT2D eigenvalue weighted by Crippen LogP contribution is -2.15. The van der Waals surface area contributed by atoms with E-state index in [1.807, 2.05) is 0 Å². The molecule has 0 amide bonds. The number of hydrogen-bond acceptors (Lipinski definition) is 3. The Balaban J connectivity index is 3.11. The minimum atomic E-state index is 0.223. The van der Waals surface area contributed by atoms with Gasteiger partial charge in [0.15, 0.2) is 0 Å². The monoisotopic (exact) mass is 347 g/mol. The number of aryl methyl sites for hydroxylation is 1. The van der Waals surface area contributed by atoms with E-state index in [0.717, 1.165) is 40.3 Å². The van der Waals surface area contributed by atoms with E-state index in [4.69, 9.17) is 0 Å². The highest BCUT2D eigenvalue weighted by molar-refractivity contribution is 14.1. The first kappa shape index (κ1) is 14.7. The van der Waals surface area contributed by atoms with Crippen LogP contribution in [0.25, 0.3) is 0 Å². The summed E-state index contributed by atoms with van der Waals surface area (Å²) in [5, 5.41) is 3.32. The van der Waals surface area contributed by atoms with Gasteiger partial charge in [-0.3, -0.25) is 0 Å². The summed E-state index contributed by atoms with van der Waals surface area (Å²) in [6.45, 7) is 11.8. The minimum absolute atomic E-state index is 0.223. The van der Waals surface area contributed by atoms with Gasteiger partial charge < -0.3 is 5.32 Å². The number of hydrogen-bond donors (Lipinski definition) is 1. The Hall–Kier alpha value is -0.390. The Labute approximate surface area is 118 Å². The molecule has 0 saturated heterocycles. The second-order valence-corrected chi connectivity index (χ2v) is 6.45. The fourth-order valence-corrected chi connectivity index (χ4v) is 2.43. The maximum absolute atomic E-state index is 4.66. The number of nitrogens with zero attached hydrogens (tertiary/aromatic N) is 2. The molecule has 17 heavy (non-hydrogen) atoms. The van der Waals surface area contributed by atoms with Gasteiger partial charge in [-0.05, 0) is 41.4 Å². The van der Waals surface area contributed by atoms with Gasteiger partial charge in [0.1, 0.15) is 11.6 Å². The van der Waals surface area contributed by atoms with Crippen LogP contribution >= 0.6 is 22.6 Å². The summed E-state index contributed by atoms with van der Waals surface area (Å²) >= 11 is 2.33. The molecule has 0 aliphatic carbocycles. The first-order chi connectivity index (χ1) is 7.87. The van der Waals surface area contributed by atoms with Gasteiger partial charge >= 0.3 is 0 Å². The highest BCUT2D eigenvalue weighted by Crippen LogP contribution is 2.23. The van der Waals surface area contributed by atoms with Crippen LogP contribution in [0.3, 0.4) is 0 Å². The topological polar surface area (TPSA) is 37.8 Å². The fourth-order valence-electron chi connectivity index (χ4n) is 1.62. The van der Waals surface area contributed by atoms with Gasteiger partial charge in [0.05, 0.1) is 9.26 Å². The van der Waals surface area contributed by atoms with Crippen molar-refractivity contribution in [1.82, 2.24) is 9.97 Å². The predicted octanol–water partition coefficient (Wildman–Crippen LogP) is 3.66. The first-order valence-corrected chi connectivity index (χ1v) is 7.24. The molecule has 0 aromatic carbocycles. The lowest BCUT2D eigenvalue weighted by molar-refractivity contribution is 0.400. The van der Waals surface area contributed by atoms with E-state index in [-0.39, 0.29) is 5.41 Å². The molecule has 1 aromatic rings. The van der Waals surface area contributed by atoms with Crippen LogP contribution in [0, 0.1) is 8.99 Å². The summed E-state index contributed by atoms with van der Waals surface area (Å²) in [7, 11) is 0. The largest absolute Gasteiger partial charge is 0.369 e. The maximum atomic E-state index is 4.66. The van der Waals surface area contributed by atoms with Crippen molar-refractivity contribution >= 4 is 28.4 Å². The van der Waals surface area contributed by atoms with E-state index < -0.39 is 0 Å². The summed E-state index contributed by atoms with van der Waals surface area (Å²) in [6.07, 6.45) is 1.87. The zero-order valence-electron chi connectivity index (χ0n) is 11.4. The van der Waals surface area contributed by atoms with Crippen LogP contribution in [0.1, 0.15) is 46.1 Å². The molecular weight excluding hydrogens is 325 g/mol. The van der Waals surface area contributed by atoms with E-state index >= 15 is 0 Å². The average Bonchev–Trinajstić information content (AvgIpc) is 2.20. The number of aromatic nitrogens is 2. The minimum Gasteiger partial charge on any atom is -0.369 e. The number of rotatable bonds is 4. The molecule has 0 unspecified atom stereocenters. The highest BCUT2D eigenvalue weighted by Gasteiger charge is 2.16. The summed E-state index contributed by atoms with van der Waals surface area (Å²) in [5.74, 6) is 1.94. The van der Waals surface area contributed by atoms with Crippen molar-refractivity contribution in [2.45, 2.75) is 47.5 Å². The van der Waals surface area contributed by atoms with Crippen molar-refractivity contribution in [3.8, 4) is 0 Å². The Bertz CT molecular complexity index is 383. The van der Waals surface area contributed by atoms with E-state index in [1.165, 1.54) is 0 Å². The third-order valence-corrected chi connectivity index (χ3v) is 3.47. The Kier molecular flexibility index (Phi) is 5.16. The Morgan fingerprint density at radius 2 is 1.82 bits per heavy atom. The summed E-state index contributed by atoms with van der Waals surface area (Å²) < 4.78 is 1.16. The van der Waals surface area contributed by atoms with Crippen LogP contribution in [0.15, 0.2) is 0 Å². The van der Waals surface area contributed by atoms with Crippen LogP contribution in [0.5, 0.6) is 0 Å². The molecule has 1 N–H and O–H groups in total. The molecule has 0 aliphatic rings. The molecule has 1 rings (SSSR count). The molecule has 0 spiro atoms. The molecule has 0 bridgehead atoms. The van der Waals surface area contributed by atoms with Crippen LogP contribution < -0.4 is 5.32 Å². The molecular formula is C13H22IN3. The lowest BCUT2D eigenvalue weighted by atomic mass is 9.92. The van der Waals surface area contributed by atoms with Gasteiger partial charge in [-0.15, -0.1) is 0 Å². The standard InChI is InChI=1S/C13H22IN3/c1-6-9-11(14)12(15-7-2)17-10(16-9)8-13(3,4)5/h6-8H2,1-5H3,(H,15,16,17). The van der Waals surface area contributed by atoms with E-state index in [2.05, 4.69) is 72.5 Å². The fraction of sp³-hybridized carbons (Fsp3) is 0.692. The van der Waals surface area contributed by atoms with Crippen LogP contribution in [-0.2, 0) is 12.8 Å². The van der Waals surface area contributed by atoms with Gasteiger partial charge in [0.2, 0.25) is 0 Å². The number of anilines is 1. The zero-order valence-corrected chi connectivity index (χ0v) is 13.6. The van der Waals surface area contributed by atoms with Crippen LogP contribution in [0.4, 0.5) is 5.82 Å². The molecule has 0 atom stereocenters. The van der Waals surface area contributed by atoms with Crippen molar-refractivity contribution in [3.05, 3.63) is 15.1 Å². The Morgan fingerprint density at radius 1 is 1.18 bits per heavy atom. The molecule has 1 heterocycles. The van der Waals surface area contributed by atoms with Crippen molar-refractivity contribution in [2.24, 2.45) is 5.41 Å². The molecule has 0 radical (unpaired) electrons. The first-order valence-electron chi connectivity index (χ1n) is 6.16. The van der Waals surface area contributed by atoms with Gasteiger partial charge in [0, 0.05) is 13.0 Å². The van der Waals surface area contributed by atoms with Crippen molar-refractivity contribution < 1.29 is 0 Å². The molecule has 1 aromatic heterocycles. The van der Waals surface area contributed by atoms with Gasteiger partial charge in [-0.2, -0.15) is 0 Å². The van der Waals surface area contributed by atoms with E-state index in [0.29, 0.717) is 0 Å². The van der Waals surface area contributed by atoms with E-state index in [9.17, 15) is 0 Å². The maximum Gasteiger partial charge on any atom is 0.143 e. The van der Waals surface area contributed by atoms with Crippen LogP contribution in [0.2, 0.25) is 0 Å². The van der Waals surface area contributed by atoms with Crippen molar-refractivity contribution in [2.75, 3.05) is 11.9 Å². The zero-order chi connectivity index (χ0) is 13.1. The van der Waals surface area contributed by atoms with Crippen LogP contribution in [-0.4, -0.2) is 16.5 Å². The Morgan fingerprint density at radius 3 is 2.29 bits per heavy atom. The molecule has 4 heteroatoms. The molecule has 0 aliphatic heterocycles.